The Morgan fingerprint density at radius 2 is 2.07 bits per heavy atom. The number of pyridine rings is 1. The van der Waals surface area contributed by atoms with Gasteiger partial charge in [0.1, 0.15) is 0 Å². The minimum Gasteiger partial charge on any atom is -0.475 e. The molecule has 82 valence electrons. The third-order valence-electron chi connectivity index (χ3n) is 1.75. The number of ether oxygens (including phenoxy) is 1. The van der Waals surface area contributed by atoms with Crippen molar-refractivity contribution in [2.45, 2.75) is 20.0 Å². The van der Waals surface area contributed by atoms with Gasteiger partial charge in [-0.05, 0) is 19.9 Å². The zero-order chi connectivity index (χ0) is 11.4. The van der Waals surface area contributed by atoms with Crippen LogP contribution in [0.25, 0.3) is 0 Å². The summed E-state index contributed by atoms with van der Waals surface area (Å²) in [5.41, 5.74) is 0.566. The fraction of sp³-hybridized carbons (Fsp3) is 0.455. The minimum atomic E-state index is -0.0569. The predicted molar refractivity (Wildman–Crippen MR) is 58.0 cm³/mol. The first kappa shape index (κ1) is 11.5. The van der Waals surface area contributed by atoms with Crippen LogP contribution in [0.15, 0.2) is 18.3 Å². The zero-order valence-electron chi connectivity index (χ0n) is 9.52. The fourth-order valence-corrected chi connectivity index (χ4v) is 1.08. The first-order valence-electron chi connectivity index (χ1n) is 4.85. The van der Waals surface area contributed by atoms with Gasteiger partial charge in [-0.25, -0.2) is 4.98 Å². The predicted octanol–water partition coefficient (Wildman–Crippen LogP) is 1.57. The van der Waals surface area contributed by atoms with Gasteiger partial charge in [-0.3, -0.25) is 4.79 Å². The SMILES string of the molecule is CC(C)Oc1ccc(C(=O)N(C)C)cn1. The molecule has 1 heterocycles. The summed E-state index contributed by atoms with van der Waals surface area (Å²) in [5.74, 6) is 0.485. The van der Waals surface area contributed by atoms with Crippen molar-refractivity contribution in [2.24, 2.45) is 0 Å². The summed E-state index contributed by atoms with van der Waals surface area (Å²) >= 11 is 0. The van der Waals surface area contributed by atoms with Crippen molar-refractivity contribution in [2.75, 3.05) is 14.1 Å². The third-order valence-corrected chi connectivity index (χ3v) is 1.75. The van der Waals surface area contributed by atoms with E-state index < -0.39 is 0 Å². The third kappa shape index (κ3) is 3.23. The highest BCUT2D eigenvalue weighted by molar-refractivity contribution is 5.93. The Bertz CT molecular complexity index is 331. The van der Waals surface area contributed by atoms with E-state index in [9.17, 15) is 4.79 Å². The molecule has 4 nitrogen and oxygen atoms in total. The summed E-state index contributed by atoms with van der Waals surface area (Å²) in [6.07, 6.45) is 1.62. The molecule has 1 amide bonds. The largest absolute Gasteiger partial charge is 0.475 e. The van der Waals surface area contributed by atoms with Gasteiger partial charge in [-0.2, -0.15) is 0 Å². The lowest BCUT2D eigenvalue weighted by Crippen LogP contribution is -2.21. The van der Waals surface area contributed by atoms with Crippen LogP contribution >= 0.6 is 0 Å². The van der Waals surface area contributed by atoms with Crippen LogP contribution in [0.3, 0.4) is 0 Å². The number of carbonyl (C=O) groups excluding carboxylic acids is 1. The molecule has 0 fully saturated rings. The van der Waals surface area contributed by atoms with Crippen molar-refractivity contribution >= 4 is 5.91 Å². The van der Waals surface area contributed by atoms with Gasteiger partial charge in [0.05, 0.1) is 11.7 Å². The van der Waals surface area contributed by atoms with E-state index in [0.29, 0.717) is 11.4 Å². The molecule has 0 spiro atoms. The molecular weight excluding hydrogens is 192 g/mol. The Morgan fingerprint density at radius 3 is 2.47 bits per heavy atom. The van der Waals surface area contributed by atoms with Gasteiger partial charge < -0.3 is 9.64 Å². The van der Waals surface area contributed by atoms with E-state index in [1.165, 1.54) is 11.1 Å². The molecule has 0 saturated carbocycles. The summed E-state index contributed by atoms with van der Waals surface area (Å²) in [6.45, 7) is 3.86. The van der Waals surface area contributed by atoms with Crippen LogP contribution < -0.4 is 4.74 Å². The van der Waals surface area contributed by atoms with Gasteiger partial charge in [-0.1, -0.05) is 0 Å². The lowest BCUT2D eigenvalue weighted by molar-refractivity contribution is 0.0827. The smallest absolute Gasteiger partial charge is 0.254 e. The molecule has 0 aliphatic carbocycles. The van der Waals surface area contributed by atoms with Crippen molar-refractivity contribution in [3.8, 4) is 5.88 Å². The lowest BCUT2D eigenvalue weighted by Gasteiger charge is -2.11. The second-order valence-electron chi connectivity index (χ2n) is 3.75. The van der Waals surface area contributed by atoms with Crippen LogP contribution in [0.2, 0.25) is 0 Å². The number of nitrogens with zero attached hydrogens (tertiary/aromatic N) is 2. The highest BCUT2D eigenvalue weighted by atomic mass is 16.5. The molecule has 0 aromatic carbocycles. The number of amides is 1. The molecule has 0 unspecified atom stereocenters. The maximum Gasteiger partial charge on any atom is 0.254 e. The summed E-state index contributed by atoms with van der Waals surface area (Å²) < 4.78 is 5.37. The van der Waals surface area contributed by atoms with Gasteiger partial charge >= 0.3 is 0 Å². The Hall–Kier alpha value is -1.58. The molecule has 1 aromatic rings. The van der Waals surface area contributed by atoms with E-state index in [1.807, 2.05) is 13.8 Å². The van der Waals surface area contributed by atoms with Gasteiger partial charge in [0.15, 0.2) is 0 Å². The normalized spacial score (nSPS) is 10.2. The lowest BCUT2D eigenvalue weighted by atomic mass is 10.2. The molecule has 15 heavy (non-hydrogen) atoms. The van der Waals surface area contributed by atoms with E-state index >= 15 is 0 Å². The number of carbonyl (C=O) groups is 1. The van der Waals surface area contributed by atoms with Crippen LogP contribution in [0.4, 0.5) is 0 Å². The maximum atomic E-state index is 11.5. The van der Waals surface area contributed by atoms with Gasteiger partial charge in [0.2, 0.25) is 5.88 Å². The highest BCUT2D eigenvalue weighted by Gasteiger charge is 2.08. The van der Waals surface area contributed by atoms with Crippen LogP contribution in [0, 0.1) is 0 Å². The van der Waals surface area contributed by atoms with Gasteiger partial charge in [0, 0.05) is 26.4 Å². The zero-order valence-corrected chi connectivity index (χ0v) is 9.52. The van der Waals surface area contributed by atoms with Crippen molar-refractivity contribution in [3.63, 3.8) is 0 Å². The molecule has 1 aromatic heterocycles. The summed E-state index contributed by atoms with van der Waals surface area (Å²) in [7, 11) is 3.42. The molecule has 1 rings (SSSR count). The molecule has 4 heteroatoms. The van der Waals surface area contributed by atoms with Crippen molar-refractivity contribution in [1.82, 2.24) is 9.88 Å². The highest BCUT2D eigenvalue weighted by Crippen LogP contribution is 2.10. The fourth-order valence-electron chi connectivity index (χ4n) is 1.08. The molecule has 0 bridgehead atoms. The summed E-state index contributed by atoms with van der Waals surface area (Å²) in [6, 6.07) is 3.42. The van der Waals surface area contributed by atoms with Crippen molar-refractivity contribution < 1.29 is 9.53 Å². The van der Waals surface area contributed by atoms with Crippen molar-refractivity contribution in [1.29, 1.82) is 0 Å². The molecule has 0 aliphatic heterocycles. The Kier molecular flexibility index (Phi) is 3.66. The monoisotopic (exact) mass is 208 g/mol. The Labute approximate surface area is 89.9 Å². The first-order valence-corrected chi connectivity index (χ1v) is 4.85. The van der Waals surface area contributed by atoms with Gasteiger partial charge in [0.25, 0.3) is 5.91 Å². The summed E-state index contributed by atoms with van der Waals surface area (Å²) in [5, 5.41) is 0. The van der Waals surface area contributed by atoms with Crippen LogP contribution in [-0.4, -0.2) is 36.0 Å². The number of hydrogen-bond acceptors (Lipinski definition) is 3. The van der Waals surface area contributed by atoms with E-state index in [-0.39, 0.29) is 12.0 Å². The second kappa shape index (κ2) is 4.77. The van der Waals surface area contributed by atoms with E-state index in [0.717, 1.165) is 0 Å². The second-order valence-corrected chi connectivity index (χ2v) is 3.75. The molecule has 0 N–H and O–H groups in total. The van der Waals surface area contributed by atoms with E-state index in [2.05, 4.69) is 4.98 Å². The number of rotatable bonds is 3. The Morgan fingerprint density at radius 1 is 1.40 bits per heavy atom. The molecule has 0 saturated heterocycles. The first-order chi connectivity index (χ1) is 7.00. The maximum absolute atomic E-state index is 11.5. The van der Waals surface area contributed by atoms with E-state index in [4.69, 9.17) is 4.74 Å². The molecule has 0 atom stereocenters. The average molecular weight is 208 g/mol. The quantitative estimate of drug-likeness (QED) is 0.757. The number of aromatic nitrogens is 1. The van der Waals surface area contributed by atoms with Crippen LogP contribution in [0.1, 0.15) is 24.2 Å². The average Bonchev–Trinajstić information content (AvgIpc) is 2.17. The van der Waals surface area contributed by atoms with Gasteiger partial charge in [-0.15, -0.1) is 0 Å². The van der Waals surface area contributed by atoms with E-state index in [1.54, 1.807) is 26.2 Å². The molecular formula is C11H16N2O2. The number of hydrogen-bond donors (Lipinski definition) is 0. The topological polar surface area (TPSA) is 42.4 Å². The van der Waals surface area contributed by atoms with Crippen LogP contribution in [0.5, 0.6) is 5.88 Å². The molecule has 0 radical (unpaired) electrons. The standard InChI is InChI=1S/C11H16N2O2/c1-8(2)15-10-6-5-9(7-12-10)11(14)13(3)4/h5-8H,1-4H3. The summed E-state index contributed by atoms with van der Waals surface area (Å²) in [4.78, 5) is 17.1. The van der Waals surface area contributed by atoms with Crippen LogP contribution in [-0.2, 0) is 0 Å². The minimum absolute atomic E-state index is 0.0569. The Balaban J connectivity index is 2.76. The molecule has 0 aliphatic rings. The van der Waals surface area contributed by atoms with Crippen molar-refractivity contribution in [3.05, 3.63) is 23.9 Å².